The monoisotopic (exact) mass is 238 g/mol. The van der Waals surface area contributed by atoms with Gasteiger partial charge in [-0.1, -0.05) is 12.1 Å². The lowest BCUT2D eigenvalue weighted by molar-refractivity contribution is -0.129. The molecule has 0 spiro atoms. The van der Waals surface area contributed by atoms with Crippen LogP contribution in [0.25, 0.3) is 0 Å². The van der Waals surface area contributed by atoms with Crippen molar-refractivity contribution in [1.29, 1.82) is 0 Å². The van der Waals surface area contributed by atoms with Crippen LogP contribution in [-0.4, -0.2) is 44.0 Å². The molecule has 1 aliphatic heterocycles. The molecule has 1 saturated heterocycles. The summed E-state index contributed by atoms with van der Waals surface area (Å²) in [5.41, 5.74) is 0.587. The Labute approximate surface area is 100 Å². The molecular formula is C11H18N4O2. The number of hydrogen-bond donors (Lipinski definition) is 1. The van der Waals surface area contributed by atoms with Gasteiger partial charge < -0.3 is 10.0 Å². The summed E-state index contributed by atoms with van der Waals surface area (Å²) in [7, 11) is 0. The Bertz CT molecular complexity index is 391. The van der Waals surface area contributed by atoms with Gasteiger partial charge in [0.1, 0.15) is 5.69 Å². The average Bonchev–Trinajstić information content (AvgIpc) is 2.97. The quantitative estimate of drug-likeness (QED) is 0.803. The molecule has 0 radical (unpaired) electrons. The number of hydrogen-bond acceptors (Lipinski definition) is 4. The fourth-order valence-electron chi connectivity index (χ4n) is 2.20. The predicted octanol–water partition coefficient (Wildman–Crippen LogP) is 0.0289. The summed E-state index contributed by atoms with van der Waals surface area (Å²) < 4.78 is 1.75. The van der Waals surface area contributed by atoms with E-state index in [0.717, 1.165) is 26.1 Å². The topological polar surface area (TPSA) is 71.2 Å². The number of likely N-dealkylation sites (tertiary alicyclic amines) is 1. The minimum Gasteiger partial charge on any atom is -0.390 e. The number of aliphatic hydroxyl groups is 1. The van der Waals surface area contributed by atoms with Gasteiger partial charge in [-0.25, -0.2) is 0 Å². The summed E-state index contributed by atoms with van der Waals surface area (Å²) >= 11 is 0. The molecule has 0 bridgehead atoms. The fraction of sp³-hybridized carbons (Fsp3) is 0.727. The third kappa shape index (κ3) is 2.82. The number of aliphatic hydroxyl groups excluding tert-OH is 1. The van der Waals surface area contributed by atoms with Gasteiger partial charge >= 0.3 is 0 Å². The van der Waals surface area contributed by atoms with Crippen LogP contribution in [0.5, 0.6) is 0 Å². The molecule has 1 fully saturated rings. The van der Waals surface area contributed by atoms with Crippen molar-refractivity contribution in [3.63, 3.8) is 0 Å². The van der Waals surface area contributed by atoms with E-state index >= 15 is 0 Å². The highest BCUT2D eigenvalue weighted by atomic mass is 16.3. The number of nitrogens with zero attached hydrogens (tertiary/aromatic N) is 4. The van der Waals surface area contributed by atoms with Crippen LogP contribution >= 0.6 is 0 Å². The van der Waals surface area contributed by atoms with Crippen LogP contribution in [-0.2, 0) is 17.9 Å². The zero-order valence-electron chi connectivity index (χ0n) is 10.0. The van der Waals surface area contributed by atoms with Gasteiger partial charge in [-0.2, -0.15) is 0 Å². The first kappa shape index (κ1) is 12.0. The third-order valence-electron chi connectivity index (χ3n) is 3.13. The molecule has 94 valence electrons. The van der Waals surface area contributed by atoms with Crippen molar-refractivity contribution in [2.75, 3.05) is 13.1 Å². The Morgan fingerprint density at radius 3 is 3.12 bits per heavy atom. The molecule has 2 heterocycles. The second kappa shape index (κ2) is 5.27. The maximum absolute atomic E-state index is 11.5. The maximum Gasteiger partial charge on any atom is 0.222 e. The molecule has 6 nitrogen and oxygen atoms in total. The van der Waals surface area contributed by atoms with E-state index < -0.39 is 0 Å². The summed E-state index contributed by atoms with van der Waals surface area (Å²) in [4.78, 5) is 13.4. The van der Waals surface area contributed by atoms with Gasteiger partial charge in [0.25, 0.3) is 0 Å². The number of aromatic nitrogens is 3. The molecule has 0 aromatic carbocycles. The van der Waals surface area contributed by atoms with Gasteiger partial charge in [-0.15, -0.1) is 5.10 Å². The molecular weight excluding hydrogens is 220 g/mol. The SMILES string of the molecule is CCC(=O)N1CC[C@H](Cn2cc(CO)nn2)C1. The van der Waals surface area contributed by atoms with Crippen molar-refractivity contribution in [3.8, 4) is 0 Å². The van der Waals surface area contributed by atoms with Crippen molar-refractivity contribution in [1.82, 2.24) is 19.9 Å². The summed E-state index contributed by atoms with van der Waals surface area (Å²) in [6.07, 6.45) is 3.34. The van der Waals surface area contributed by atoms with Crippen LogP contribution in [0.1, 0.15) is 25.5 Å². The highest BCUT2D eigenvalue weighted by Gasteiger charge is 2.25. The lowest BCUT2D eigenvalue weighted by Crippen LogP contribution is -2.28. The Morgan fingerprint density at radius 2 is 2.47 bits per heavy atom. The van der Waals surface area contributed by atoms with Gasteiger partial charge in [0.2, 0.25) is 5.91 Å². The number of carbonyl (C=O) groups is 1. The van der Waals surface area contributed by atoms with E-state index in [4.69, 9.17) is 5.11 Å². The molecule has 17 heavy (non-hydrogen) atoms. The van der Waals surface area contributed by atoms with Crippen LogP contribution < -0.4 is 0 Å². The van der Waals surface area contributed by atoms with E-state index in [0.29, 0.717) is 18.0 Å². The zero-order valence-corrected chi connectivity index (χ0v) is 10.0. The summed E-state index contributed by atoms with van der Waals surface area (Å²) in [5.74, 6) is 0.667. The number of rotatable bonds is 4. The highest BCUT2D eigenvalue weighted by molar-refractivity contribution is 5.76. The summed E-state index contributed by atoms with van der Waals surface area (Å²) in [6.45, 7) is 4.23. The van der Waals surface area contributed by atoms with Crippen LogP contribution in [0.4, 0.5) is 0 Å². The molecule has 0 unspecified atom stereocenters. The fourth-order valence-corrected chi connectivity index (χ4v) is 2.20. The van der Waals surface area contributed by atoms with E-state index in [1.54, 1.807) is 10.9 Å². The molecule has 6 heteroatoms. The molecule has 1 aliphatic rings. The minimum atomic E-state index is -0.0783. The molecule has 1 amide bonds. The van der Waals surface area contributed by atoms with Gasteiger partial charge in [0.05, 0.1) is 12.8 Å². The number of amides is 1. The van der Waals surface area contributed by atoms with Crippen LogP contribution in [0, 0.1) is 5.92 Å². The molecule has 1 aromatic heterocycles. The van der Waals surface area contributed by atoms with Crippen molar-refractivity contribution in [2.24, 2.45) is 5.92 Å². The van der Waals surface area contributed by atoms with Gasteiger partial charge in [0.15, 0.2) is 0 Å². The first-order valence-corrected chi connectivity index (χ1v) is 6.00. The molecule has 0 aliphatic carbocycles. The molecule has 2 rings (SSSR count). The highest BCUT2D eigenvalue weighted by Crippen LogP contribution is 2.18. The molecule has 1 N–H and O–H groups in total. The van der Waals surface area contributed by atoms with Gasteiger partial charge in [0, 0.05) is 26.1 Å². The van der Waals surface area contributed by atoms with Crippen LogP contribution in [0.15, 0.2) is 6.20 Å². The Balaban J connectivity index is 1.87. The smallest absolute Gasteiger partial charge is 0.222 e. The van der Waals surface area contributed by atoms with Crippen molar-refractivity contribution < 1.29 is 9.90 Å². The molecule has 1 atom stereocenters. The van der Waals surface area contributed by atoms with E-state index in [1.165, 1.54) is 0 Å². The normalized spacial score (nSPS) is 19.9. The first-order chi connectivity index (χ1) is 8.22. The van der Waals surface area contributed by atoms with Crippen molar-refractivity contribution >= 4 is 5.91 Å². The van der Waals surface area contributed by atoms with Crippen molar-refractivity contribution in [2.45, 2.75) is 32.9 Å². The largest absolute Gasteiger partial charge is 0.390 e. The van der Waals surface area contributed by atoms with E-state index in [-0.39, 0.29) is 12.5 Å². The first-order valence-electron chi connectivity index (χ1n) is 6.00. The van der Waals surface area contributed by atoms with E-state index in [2.05, 4.69) is 10.3 Å². The Hall–Kier alpha value is -1.43. The van der Waals surface area contributed by atoms with E-state index in [9.17, 15) is 4.79 Å². The van der Waals surface area contributed by atoms with Crippen molar-refractivity contribution in [3.05, 3.63) is 11.9 Å². The minimum absolute atomic E-state index is 0.0783. The zero-order chi connectivity index (χ0) is 12.3. The van der Waals surface area contributed by atoms with E-state index in [1.807, 2.05) is 11.8 Å². The van der Waals surface area contributed by atoms with Gasteiger partial charge in [-0.3, -0.25) is 9.48 Å². The summed E-state index contributed by atoms with van der Waals surface area (Å²) in [5, 5.41) is 16.7. The Morgan fingerprint density at radius 1 is 1.65 bits per heavy atom. The second-order valence-corrected chi connectivity index (χ2v) is 4.44. The lowest BCUT2D eigenvalue weighted by Gasteiger charge is -2.15. The molecule has 1 aromatic rings. The van der Waals surface area contributed by atoms with Crippen LogP contribution in [0.2, 0.25) is 0 Å². The Kier molecular flexibility index (Phi) is 3.73. The predicted molar refractivity (Wildman–Crippen MR) is 60.9 cm³/mol. The lowest BCUT2D eigenvalue weighted by atomic mass is 10.1. The summed E-state index contributed by atoms with van der Waals surface area (Å²) in [6, 6.07) is 0. The standard InChI is InChI=1S/C11H18N4O2/c1-2-11(17)14-4-3-9(5-14)6-15-7-10(8-16)12-13-15/h7,9,16H,2-6,8H2,1H3/t9-/m0/s1. The third-order valence-corrected chi connectivity index (χ3v) is 3.13. The van der Waals surface area contributed by atoms with Crippen LogP contribution in [0.3, 0.4) is 0 Å². The number of carbonyl (C=O) groups excluding carboxylic acids is 1. The second-order valence-electron chi connectivity index (χ2n) is 4.44. The van der Waals surface area contributed by atoms with Gasteiger partial charge in [-0.05, 0) is 12.3 Å². The maximum atomic E-state index is 11.5. The average molecular weight is 238 g/mol. The molecule has 0 saturated carbocycles.